The average Bonchev–Trinajstić information content (AvgIpc) is 3.44. The maximum atomic E-state index is 14.6. The van der Waals surface area contributed by atoms with Crippen LogP contribution in [0.5, 0.6) is 5.75 Å². The number of ether oxygens (including phenoxy) is 1. The molecule has 2 aromatic carbocycles. The molecule has 0 radical (unpaired) electrons. The van der Waals surface area contributed by atoms with Crippen molar-refractivity contribution in [1.29, 1.82) is 0 Å². The van der Waals surface area contributed by atoms with Crippen molar-refractivity contribution in [2.24, 2.45) is 7.05 Å². The topological polar surface area (TPSA) is 114 Å². The summed E-state index contributed by atoms with van der Waals surface area (Å²) in [5, 5.41) is 17.2. The van der Waals surface area contributed by atoms with E-state index in [0.29, 0.717) is 27.7 Å². The summed E-state index contributed by atoms with van der Waals surface area (Å²) in [7, 11) is 3.36. The molecule has 0 aliphatic carbocycles. The van der Waals surface area contributed by atoms with Crippen LogP contribution in [0.4, 0.5) is 21.6 Å². The first-order valence-corrected chi connectivity index (χ1v) is 11.7. The number of rotatable bonds is 6. The number of nitrogens with zero attached hydrogens (tertiary/aromatic N) is 3. The molecule has 3 N–H and O–H groups in total. The van der Waals surface area contributed by atoms with Gasteiger partial charge in [0.2, 0.25) is 0 Å². The van der Waals surface area contributed by atoms with Crippen molar-refractivity contribution in [3.8, 4) is 17.0 Å². The summed E-state index contributed by atoms with van der Waals surface area (Å²) in [6.45, 7) is 1.89. The SMILES string of the molecule is COc1cccc2sc(C(=O)Nc3cc(-c4cc(Nc5cc(C)n(C)n5)c(=O)[nH]n4)ccc3F)cc12. The Morgan fingerprint density at radius 3 is 2.72 bits per heavy atom. The number of hydrogen-bond donors (Lipinski definition) is 3. The van der Waals surface area contributed by atoms with Crippen LogP contribution in [0.25, 0.3) is 21.3 Å². The van der Waals surface area contributed by atoms with Crippen LogP contribution in [0, 0.1) is 12.7 Å². The second-order valence-electron chi connectivity index (χ2n) is 8.05. The number of aromatic amines is 1. The minimum absolute atomic E-state index is 0.00946. The Morgan fingerprint density at radius 1 is 1.14 bits per heavy atom. The molecule has 3 heterocycles. The highest BCUT2D eigenvalue weighted by molar-refractivity contribution is 7.21. The molecule has 0 saturated heterocycles. The number of aromatic nitrogens is 4. The van der Waals surface area contributed by atoms with Crippen molar-refractivity contribution in [2.45, 2.75) is 6.92 Å². The maximum Gasteiger partial charge on any atom is 0.287 e. The number of aryl methyl sites for hydroxylation is 2. The highest BCUT2D eigenvalue weighted by Gasteiger charge is 2.16. The second-order valence-corrected chi connectivity index (χ2v) is 9.13. The van der Waals surface area contributed by atoms with Crippen LogP contribution in [-0.4, -0.2) is 33.0 Å². The van der Waals surface area contributed by atoms with E-state index in [4.69, 9.17) is 4.74 Å². The molecule has 0 spiro atoms. The molecule has 0 atom stereocenters. The number of carbonyl (C=O) groups is 1. The lowest BCUT2D eigenvalue weighted by Gasteiger charge is -2.09. The zero-order valence-corrected chi connectivity index (χ0v) is 20.4. The van der Waals surface area contributed by atoms with E-state index >= 15 is 0 Å². The summed E-state index contributed by atoms with van der Waals surface area (Å²) < 4.78 is 22.5. The van der Waals surface area contributed by atoms with Crippen molar-refractivity contribution in [3.05, 3.63) is 81.3 Å². The molecule has 9 nitrogen and oxygen atoms in total. The Labute approximate surface area is 208 Å². The third-order valence-corrected chi connectivity index (χ3v) is 6.75. The first-order chi connectivity index (χ1) is 17.3. The number of benzene rings is 2. The Balaban J connectivity index is 1.43. The second kappa shape index (κ2) is 9.27. The van der Waals surface area contributed by atoms with Gasteiger partial charge in [0.05, 0.1) is 23.4 Å². The van der Waals surface area contributed by atoms with E-state index in [-0.39, 0.29) is 11.4 Å². The summed E-state index contributed by atoms with van der Waals surface area (Å²) in [5.41, 5.74) is 1.59. The van der Waals surface area contributed by atoms with Gasteiger partial charge in [-0.15, -0.1) is 11.3 Å². The highest BCUT2D eigenvalue weighted by Crippen LogP contribution is 2.33. The van der Waals surface area contributed by atoms with Crippen LogP contribution in [-0.2, 0) is 7.05 Å². The number of anilines is 3. The monoisotopic (exact) mass is 504 g/mol. The zero-order valence-electron chi connectivity index (χ0n) is 19.5. The van der Waals surface area contributed by atoms with Gasteiger partial charge < -0.3 is 15.4 Å². The van der Waals surface area contributed by atoms with Gasteiger partial charge in [-0.2, -0.15) is 10.2 Å². The van der Waals surface area contributed by atoms with Crippen LogP contribution in [0.1, 0.15) is 15.4 Å². The first kappa shape index (κ1) is 23.2. The van der Waals surface area contributed by atoms with Gasteiger partial charge >= 0.3 is 0 Å². The summed E-state index contributed by atoms with van der Waals surface area (Å²) in [4.78, 5) is 25.6. The van der Waals surface area contributed by atoms with Gasteiger partial charge in [0.25, 0.3) is 11.5 Å². The van der Waals surface area contributed by atoms with Crippen LogP contribution < -0.4 is 20.9 Å². The summed E-state index contributed by atoms with van der Waals surface area (Å²) in [5.74, 6) is 0.115. The van der Waals surface area contributed by atoms with E-state index in [1.807, 2.05) is 25.1 Å². The largest absolute Gasteiger partial charge is 0.496 e. The zero-order chi connectivity index (χ0) is 25.4. The maximum absolute atomic E-state index is 14.6. The van der Waals surface area contributed by atoms with Gasteiger partial charge in [0.1, 0.15) is 17.3 Å². The van der Waals surface area contributed by atoms with E-state index in [0.717, 1.165) is 15.8 Å². The predicted octanol–water partition coefficient (Wildman–Crippen LogP) is 4.84. The molecule has 11 heteroatoms. The normalized spacial score (nSPS) is 11.0. The Hall–Kier alpha value is -4.51. The van der Waals surface area contributed by atoms with E-state index in [1.165, 1.54) is 29.5 Å². The molecular formula is C25H21FN6O3S. The average molecular weight is 505 g/mol. The molecular weight excluding hydrogens is 483 g/mol. The number of nitrogens with one attached hydrogen (secondary N) is 3. The number of carbonyl (C=O) groups excluding carboxylic acids is 1. The molecule has 1 amide bonds. The summed E-state index contributed by atoms with van der Waals surface area (Å²) in [6.07, 6.45) is 0. The molecule has 5 aromatic rings. The predicted molar refractivity (Wildman–Crippen MR) is 138 cm³/mol. The van der Waals surface area contributed by atoms with Crippen LogP contribution in [0.2, 0.25) is 0 Å². The third-order valence-electron chi connectivity index (χ3n) is 5.66. The molecule has 182 valence electrons. The minimum Gasteiger partial charge on any atom is -0.496 e. The van der Waals surface area contributed by atoms with Crippen LogP contribution in [0.3, 0.4) is 0 Å². The van der Waals surface area contributed by atoms with Gasteiger partial charge in [-0.05, 0) is 49.4 Å². The Bertz CT molecular complexity index is 1650. The smallest absolute Gasteiger partial charge is 0.287 e. The lowest BCUT2D eigenvalue weighted by Crippen LogP contribution is -2.14. The van der Waals surface area contributed by atoms with Gasteiger partial charge in [-0.25, -0.2) is 9.49 Å². The lowest BCUT2D eigenvalue weighted by atomic mass is 10.1. The number of hydrogen-bond acceptors (Lipinski definition) is 7. The Morgan fingerprint density at radius 2 is 1.97 bits per heavy atom. The van der Waals surface area contributed by atoms with Gasteiger partial charge in [-0.3, -0.25) is 14.3 Å². The molecule has 5 rings (SSSR count). The molecule has 0 aliphatic rings. The van der Waals surface area contributed by atoms with E-state index < -0.39 is 17.3 Å². The number of thiophene rings is 1. The minimum atomic E-state index is -0.600. The standard InChI is InChI=1S/C25H21FN6O3S/c1-13-9-23(31-32(13)2)27-19-12-17(29-30-24(19)33)14-7-8-16(26)18(10-14)28-25(34)22-11-15-20(35-3)5-4-6-21(15)36-22/h4-12H,1-3H3,(H,28,34)(H,30,33)(H,27,29,31). The van der Waals surface area contributed by atoms with E-state index in [1.54, 1.807) is 37.0 Å². The van der Waals surface area contributed by atoms with Crippen molar-refractivity contribution < 1.29 is 13.9 Å². The van der Waals surface area contributed by atoms with Crippen molar-refractivity contribution in [2.75, 3.05) is 17.7 Å². The molecule has 3 aromatic heterocycles. The molecule has 0 bridgehead atoms. The molecule has 0 saturated carbocycles. The van der Waals surface area contributed by atoms with Gasteiger partial charge in [0.15, 0.2) is 5.82 Å². The number of amides is 1. The number of halogens is 1. The fourth-order valence-electron chi connectivity index (χ4n) is 3.69. The third kappa shape index (κ3) is 4.43. The fourth-order valence-corrected chi connectivity index (χ4v) is 4.67. The van der Waals surface area contributed by atoms with Crippen molar-refractivity contribution in [3.63, 3.8) is 0 Å². The van der Waals surface area contributed by atoms with Crippen LogP contribution in [0.15, 0.2) is 59.4 Å². The van der Waals surface area contributed by atoms with Crippen molar-refractivity contribution in [1.82, 2.24) is 20.0 Å². The van der Waals surface area contributed by atoms with Gasteiger partial charge in [0, 0.05) is 34.5 Å². The number of fused-ring (bicyclic) bond motifs is 1. The first-order valence-electron chi connectivity index (χ1n) is 10.9. The van der Waals surface area contributed by atoms with Crippen LogP contribution >= 0.6 is 11.3 Å². The number of methoxy groups -OCH3 is 1. The molecule has 0 fully saturated rings. The fraction of sp³-hybridized carbons (Fsp3) is 0.120. The van der Waals surface area contributed by atoms with E-state index in [9.17, 15) is 14.0 Å². The summed E-state index contributed by atoms with van der Waals surface area (Å²) in [6, 6.07) is 14.8. The Kier molecular flexibility index (Phi) is 5.98. The molecule has 0 aliphatic heterocycles. The molecule has 36 heavy (non-hydrogen) atoms. The highest BCUT2D eigenvalue weighted by atomic mass is 32.1. The summed E-state index contributed by atoms with van der Waals surface area (Å²) >= 11 is 1.29. The lowest BCUT2D eigenvalue weighted by molar-refractivity contribution is 0.103. The quantitative estimate of drug-likeness (QED) is 0.305. The van der Waals surface area contributed by atoms with Crippen molar-refractivity contribution >= 4 is 44.5 Å². The van der Waals surface area contributed by atoms with Gasteiger partial charge in [-0.1, -0.05) is 6.07 Å². The number of H-pyrrole nitrogens is 1. The van der Waals surface area contributed by atoms with E-state index in [2.05, 4.69) is 25.9 Å². The molecule has 0 unspecified atom stereocenters.